The topological polar surface area (TPSA) is 107 Å². The third-order valence-corrected chi connectivity index (χ3v) is 5.45. The zero-order valence-electron chi connectivity index (χ0n) is 16.2. The summed E-state index contributed by atoms with van der Waals surface area (Å²) in [4.78, 5) is 30.3. The van der Waals surface area contributed by atoms with Gasteiger partial charge < -0.3 is 25.4 Å². The van der Waals surface area contributed by atoms with Crippen molar-refractivity contribution in [2.24, 2.45) is 5.73 Å². The number of hydrogen-bond donors (Lipinski definition) is 2. The third kappa shape index (κ3) is 2.89. The highest BCUT2D eigenvalue weighted by Gasteiger charge is 2.54. The molecule has 148 valence electrons. The minimum atomic E-state index is -0.550. The Morgan fingerprint density at radius 3 is 2.93 bits per heavy atom. The van der Waals surface area contributed by atoms with Gasteiger partial charge in [-0.3, -0.25) is 4.79 Å². The molecule has 3 heterocycles. The molecule has 0 saturated carbocycles. The summed E-state index contributed by atoms with van der Waals surface area (Å²) < 4.78 is 11.4. The summed E-state index contributed by atoms with van der Waals surface area (Å²) in [5.41, 5.74) is 5.34. The first-order valence-electron chi connectivity index (χ1n) is 9.46. The summed E-state index contributed by atoms with van der Waals surface area (Å²) in [5, 5.41) is 4.61. The Labute approximate surface area is 163 Å². The molecule has 1 aromatic carbocycles. The van der Waals surface area contributed by atoms with E-state index in [0.29, 0.717) is 30.8 Å². The number of nitrogens with one attached hydrogen (secondary N) is 1. The van der Waals surface area contributed by atoms with Crippen LogP contribution in [0.3, 0.4) is 0 Å². The predicted octanol–water partition coefficient (Wildman–Crippen LogP) is 2.20. The van der Waals surface area contributed by atoms with E-state index in [1.165, 1.54) is 0 Å². The van der Waals surface area contributed by atoms with Crippen LogP contribution in [0, 0.1) is 0 Å². The Kier molecular flexibility index (Phi) is 4.28. The molecule has 1 aromatic heterocycles. The molecule has 0 radical (unpaired) electrons. The van der Waals surface area contributed by atoms with Crippen LogP contribution in [0.15, 0.2) is 24.4 Å². The number of carbonyl (C=O) groups excluding carboxylic acids is 2. The summed E-state index contributed by atoms with van der Waals surface area (Å²) >= 11 is 0. The molecule has 3 N–H and O–H groups in total. The van der Waals surface area contributed by atoms with Gasteiger partial charge in [0.15, 0.2) is 5.60 Å². The number of nitrogens with zero attached hydrogens (tertiary/aromatic N) is 2. The van der Waals surface area contributed by atoms with E-state index in [1.807, 2.05) is 32.9 Å². The van der Waals surface area contributed by atoms with E-state index in [2.05, 4.69) is 15.2 Å². The van der Waals surface area contributed by atoms with Crippen LogP contribution in [-0.2, 0) is 4.74 Å². The molecule has 2 fully saturated rings. The minimum Gasteiger partial charge on any atom is -0.490 e. The number of nitrogens with two attached hydrogens (primary N) is 1. The standard InChI is InChI=1S/C20H24N4O4/c1-4-20-10-24(9-16(20)23-19(26)28-20)18-13-8-15(27-11(2)3)14(17(21)25)7-12(13)5-6-22-18/h5-8,11,16H,4,9-10H2,1-3H3,(H2,21,25)(H,23,26)/t16-,20+/m1/s1. The van der Waals surface area contributed by atoms with Gasteiger partial charge in [-0.25, -0.2) is 9.78 Å². The lowest BCUT2D eigenvalue weighted by Gasteiger charge is -2.25. The van der Waals surface area contributed by atoms with Gasteiger partial charge in [0.2, 0.25) is 0 Å². The molecule has 0 bridgehead atoms. The van der Waals surface area contributed by atoms with Crippen molar-refractivity contribution in [1.82, 2.24) is 10.3 Å². The lowest BCUT2D eigenvalue weighted by atomic mass is 9.96. The summed E-state index contributed by atoms with van der Waals surface area (Å²) in [6.45, 7) is 6.96. The average Bonchev–Trinajstić information content (AvgIpc) is 3.12. The fourth-order valence-electron chi connectivity index (χ4n) is 4.10. The number of benzene rings is 1. The SMILES string of the molecule is CC[C@]12CN(c3nccc4cc(C(N)=O)c(OC(C)C)cc34)C[C@H]1NC(=O)O2. The van der Waals surface area contributed by atoms with Crippen LogP contribution in [-0.4, -0.2) is 47.8 Å². The number of pyridine rings is 1. The number of carbonyl (C=O) groups is 2. The second-order valence-electron chi connectivity index (χ2n) is 7.62. The highest BCUT2D eigenvalue weighted by atomic mass is 16.6. The average molecular weight is 384 g/mol. The van der Waals surface area contributed by atoms with Gasteiger partial charge in [-0.05, 0) is 43.9 Å². The van der Waals surface area contributed by atoms with Crippen molar-refractivity contribution in [1.29, 1.82) is 0 Å². The zero-order chi connectivity index (χ0) is 20.1. The lowest BCUT2D eigenvalue weighted by molar-refractivity contribution is 0.0574. The molecule has 0 spiro atoms. The number of amides is 2. The fraction of sp³-hybridized carbons (Fsp3) is 0.450. The Hall–Kier alpha value is -3.03. The van der Waals surface area contributed by atoms with Crippen molar-refractivity contribution < 1.29 is 19.1 Å². The zero-order valence-corrected chi connectivity index (χ0v) is 16.2. The van der Waals surface area contributed by atoms with Gasteiger partial charge in [-0.2, -0.15) is 0 Å². The van der Waals surface area contributed by atoms with Crippen molar-refractivity contribution in [3.63, 3.8) is 0 Å². The number of anilines is 1. The number of ether oxygens (including phenoxy) is 2. The van der Waals surface area contributed by atoms with E-state index in [1.54, 1.807) is 12.3 Å². The van der Waals surface area contributed by atoms with Gasteiger partial charge in [0.25, 0.3) is 5.91 Å². The molecule has 0 unspecified atom stereocenters. The minimum absolute atomic E-state index is 0.0849. The first-order chi connectivity index (χ1) is 13.3. The Morgan fingerprint density at radius 2 is 2.29 bits per heavy atom. The van der Waals surface area contributed by atoms with Crippen LogP contribution < -0.4 is 20.7 Å². The van der Waals surface area contributed by atoms with Crippen molar-refractivity contribution in [2.75, 3.05) is 18.0 Å². The first kappa shape index (κ1) is 18.3. The van der Waals surface area contributed by atoms with E-state index in [-0.39, 0.29) is 18.2 Å². The number of aromatic nitrogens is 1. The molecule has 2 amide bonds. The number of hydrogen-bond acceptors (Lipinski definition) is 6. The highest BCUT2D eigenvalue weighted by Crippen LogP contribution is 2.39. The van der Waals surface area contributed by atoms with E-state index in [9.17, 15) is 9.59 Å². The van der Waals surface area contributed by atoms with Gasteiger partial charge >= 0.3 is 6.09 Å². The Morgan fingerprint density at radius 1 is 1.50 bits per heavy atom. The number of primary amides is 1. The van der Waals surface area contributed by atoms with Crippen molar-refractivity contribution >= 4 is 28.6 Å². The van der Waals surface area contributed by atoms with Gasteiger partial charge in [0, 0.05) is 18.1 Å². The van der Waals surface area contributed by atoms with Crippen molar-refractivity contribution in [3.05, 3.63) is 30.0 Å². The quantitative estimate of drug-likeness (QED) is 0.818. The first-order valence-corrected chi connectivity index (χ1v) is 9.46. The maximum atomic E-state index is 11.9. The highest BCUT2D eigenvalue weighted by molar-refractivity contribution is 6.03. The molecule has 8 nitrogen and oxygen atoms in total. The number of rotatable bonds is 5. The van der Waals surface area contributed by atoms with Gasteiger partial charge in [-0.1, -0.05) is 6.92 Å². The maximum absolute atomic E-state index is 11.9. The Bertz CT molecular complexity index is 961. The van der Waals surface area contributed by atoms with Crippen LogP contribution in [0.5, 0.6) is 5.75 Å². The van der Waals surface area contributed by atoms with Gasteiger partial charge in [0.05, 0.1) is 24.3 Å². The molecule has 0 aliphatic carbocycles. The van der Waals surface area contributed by atoms with Crippen molar-refractivity contribution in [3.8, 4) is 5.75 Å². The molecule has 2 atom stereocenters. The van der Waals surface area contributed by atoms with E-state index < -0.39 is 11.5 Å². The van der Waals surface area contributed by atoms with E-state index >= 15 is 0 Å². The third-order valence-electron chi connectivity index (χ3n) is 5.45. The largest absolute Gasteiger partial charge is 0.490 e. The molecule has 2 aliphatic rings. The van der Waals surface area contributed by atoms with Gasteiger partial charge in [0.1, 0.15) is 11.6 Å². The smallest absolute Gasteiger partial charge is 0.408 e. The summed E-state index contributed by atoms with van der Waals surface area (Å²) in [5.74, 6) is 0.674. The molecule has 8 heteroatoms. The number of fused-ring (bicyclic) bond motifs is 2. The molecule has 2 aromatic rings. The molecule has 2 aliphatic heterocycles. The molecular formula is C20H24N4O4. The Balaban J connectivity index is 1.78. The fourth-order valence-corrected chi connectivity index (χ4v) is 4.10. The lowest BCUT2D eigenvalue weighted by Crippen LogP contribution is -2.41. The predicted molar refractivity (Wildman–Crippen MR) is 105 cm³/mol. The summed E-state index contributed by atoms with van der Waals surface area (Å²) in [7, 11) is 0. The summed E-state index contributed by atoms with van der Waals surface area (Å²) in [6.07, 6.45) is 1.95. The van der Waals surface area contributed by atoms with E-state index in [0.717, 1.165) is 16.6 Å². The van der Waals surface area contributed by atoms with Crippen LogP contribution in [0.25, 0.3) is 10.8 Å². The molecule has 28 heavy (non-hydrogen) atoms. The summed E-state index contributed by atoms with van der Waals surface area (Å²) in [6, 6.07) is 5.32. The number of alkyl carbamates (subject to hydrolysis) is 1. The molecular weight excluding hydrogens is 360 g/mol. The van der Waals surface area contributed by atoms with Crippen LogP contribution in [0.1, 0.15) is 37.6 Å². The normalized spacial score (nSPS) is 23.6. The maximum Gasteiger partial charge on any atom is 0.408 e. The van der Waals surface area contributed by atoms with Crippen LogP contribution >= 0.6 is 0 Å². The van der Waals surface area contributed by atoms with Crippen LogP contribution in [0.4, 0.5) is 10.6 Å². The van der Waals surface area contributed by atoms with Crippen LogP contribution in [0.2, 0.25) is 0 Å². The monoisotopic (exact) mass is 384 g/mol. The molecule has 2 saturated heterocycles. The van der Waals surface area contributed by atoms with Gasteiger partial charge in [-0.15, -0.1) is 0 Å². The van der Waals surface area contributed by atoms with E-state index in [4.69, 9.17) is 15.2 Å². The van der Waals surface area contributed by atoms with Crippen molar-refractivity contribution in [2.45, 2.75) is 44.9 Å². The second kappa shape index (κ2) is 6.54. The second-order valence-corrected chi connectivity index (χ2v) is 7.62. The molecule has 4 rings (SSSR count).